The van der Waals surface area contributed by atoms with Crippen molar-refractivity contribution in [1.29, 1.82) is 0 Å². The number of benzene rings is 1. The molecule has 0 fully saturated rings. The van der Waals surface area contributed by atoms with Crippen molar-refractivity contribution in [3.63, 3.8) is 0 Å². The molecule has 3 heterocycles. The van der Waals surface area contributed by atoms with E-state index in [0.717, 1.165) is 49.1 Å². The molecule has 2 aliphatic rings. The summed E-state index contributed by atoms with van der Waals surface area (Å²) in [5.41, 5.74) is 2.41. The summed E-state index contributed by atoms with van der Waals surface area (Å²) in [5.74, 6) is 3.01. The zero-order valence-corrected chi connectivity index (χ0v) is 10.9. The Kier molecular flexibility index (Phi) is 2.35. The Balaban J connectivity index is 1.81. The number of hydrogen-bond acceptors (Lipinski definition) is 4. The number of aromatic nitrogens is 3. The Morgan fingerprint density at radius 3 is 3.26 bits per heavy atom. The third-order valence-electron chi connectivity index (χ3n) is 3.90. The molecule has 0 saturated carbocycles. The van der Waals surface area contributed by atoms with E-state index in [9.17, 15) is 0 Å². The minimum absolute atomic E-state index is 0.271. The zero-order valence-electron chi connectivity index (χ0n) is 10.9. The minimum Gasteiger partial charge on any atom is -0.493 e. The van der Waals surface area contributed by atoms with Crippen LogP contribution in [0, 0.1) is 0 Å². The van der Waals surface area contributed by atoms with Gasteiger partial charge in [-0.1, -0.05) is 0 Å². The van der Waals surface area contributed by atoms with Crippen LogP contribution in [-0.2, 0) is 13.0 Å². The molecule has 4 rings (SSSR count). The van der Waals surface area contributed by atoms with E-state index < -0.39 is 0 Å². The highest BCUT2D eigenvalue weighted by Crippen LogP contribution is 2.31. The topological polar surface area (TPSA) is 52.0 Å². The van der Waals surface area contributed by atoms with Crippen LogP contribution in [0.2, 0.25) is 0 Å². The van der Waals surface area contributed by atoms with Crippen LogP contribution in [0.5, 0.6) is 5.75 Å². The molecular weight excluding hydrogens is 240 g/mol. The smallest absolute Gasteiger partial charge is 0.164 e. The molecule has 0 bridgehead atoms. The van der Waals surface area contributed by atoms with Gasteiger partial charge >= 0.3 is 0 Å². The lowest BCUT2D eigenvalue weighted by molar-refractivity contribution is 0.357. The number of nitrogens with zero attached hydrogens (tertiary/aromatic N) is 3. The van der Waals surface area contributed by atoms with Gasteiger partial charge < -0.3 is 14.6 Å². The standard InChI is InChI=1S/C14H16N4O/c1-9-13-16-17-14(18(13)6-5-15-9)11-2-3-12-10(8-11)4-7-19-12/h2-3,8-9,15H,4-7H2,1H3. The molecule has 5 heteroatoms. The van der Waals surface area contributed by atoms with Crippen LogP contribution in [0.1, 0.15) is 24.4 Å². The third kappa shape index (κ3) is 1.65. The van der Waals surface area contributed by atoms with Crippen LogP contribution in [0.25, 0.3) is 11.4 Å². The Bertz CT molecular complexity index is 634. The Hall–Kier alpha value is -1.88. The second-order valence-electron chi connectivity index (χ2n) is 5.13. The van der Waals surface area contributed by atoms with Crippen LogP contribution in [0.4, 0.5) is 0 Å². The maximum atomic E-state index is 5.55. The molecule has 19 heavy (non-hydrogen) atoms. The van der Waals surface area contributed by atoms with Crippen molar-refractivity contribution < 1.29 is 4.74 Å². The lowest BCUT2D eigenvalue weighted by atomic mass is 10.1. The van der Waals surface area contributed by atoms with Crippen molar-refractivity contribution in [2.45, 2.75) is 25.9 Å². The van der Waals surface area contributed by atoms with Crippen LogP contribution in [-0.4, -0.2) is 27.9 Å². The van der Waals surface area contributed by atoms with Gasteiger partial charge in [0.2, 0.25) is 0 Å². The monoisotopic (exact) mass is 256 g/mol. The van der Waals surface area contributed by atoms with Crippen LogP contribution >= 0.6 is 0 Å². The maximum Gasteiger partial charge on any atom is 0.164 e. The number of ether oxygens (including phenoxy) is 1. The van der Waals surface area contributed by atoms with E-state index in [0.29, 0.717) is 0 Å². The van der Waals surface area contributed by atoms with Crippen molar-refractivity contribution in [3.8, 4) is 17.1 Å². The van der Waals surface area contributed by atoms with Gasteiger partial charge in [-0.25, -0.2) is 0 Å². The largest absolute Gasteiger partial charge is 0.493 e. The first-order valence-corrected chi connectivity index (χ1v) is 6.75. The maximum absolute atomic E-state index is 5.55. The van der Waals surface area contributed by atoms with Gasteiger partial charge in [0.25, 0.3) is 0 Å². The summed E-state index contributed by atoms with van der Waals surface area (Å²) < 4.78 is 7.77. The van der Waals surface area contributed by atoms with Gasteiger partial charge in [0.1, 0.15) is 11.6 Å². The van der Waals surface area contributed by atoms with Crippen LogP contribution in [0.3, 0.4) is 0 Å². The zero-order chi connectivity index (χ0) is 12.8. The summed E-state index contributed by atoms with van der Waals surface area (Å²) in [6.07, 6.45) is 0.988. The van der Waals surface area contributed by atoms with Crippen LogP contribution < -0.4 is 10.1 Å². The van der Waals surface area contributed by atoms with Crippen molar-refractivity contribution >= 4 is 0 Å². The first-order valence-electron chi connectivity index (χ1n) is 6.75. The molecule has 0 saturated heterocycles. The minimum atomic E-state index is 0.271. The van der Waals surface area contributed by atoms with E-state index in [4.69, 9.17) is 4.74 Å². The highest BCUT2D eigenvalue weighted by atomic mass is 16.5. The molecule has 0 aliphatic carbocycles. The van der Waals surface area contributed by atoms with Gasteiger partial charge in [-0.15, -0.1) is 10.2 Å². The van der Waals surface area contributed by atoms with E-state index in [1.54, 1.807) is 0 Å². The molecule has 0 amide bonds. The fourth-order valence-corrected chi connectivity index (χ4v) is 2.88. The third-order valence-corrected chi connectivity index (χ3v) is 3.90. The molecule has 1 unspecified atom stereocenters. The number of nitrogens with one attached hydrogen (secondary N) is 1. The number of hydrogen-bond donors (Lipinski definition) is 1. The molecule has 0 radical (unpaired) electrons. The summed E-state index contributed by atoms with van der Waals surface area (Å²) in [7, 11) is 0. The average molecular weight is 256 g/mol. The quantitative estimate of drug-likeness (QED) is 0.841. The molecule has 1 N–H and O–H groups in total. The molecule has 1 atom stereocenters. The van der Waals surface area contributed by atoms with Crippen molar-refractivity contribution in [1.82, 2.24) is 20.1 Å². The average Bonchev–Trinajstić information content (AvgIpc) is 3.04. The SMILES string of the molecule is CC1NCCn2c(-c3ccc4c(c3)CCO4)nnc21. The van der Waals surface area contributed by atoms with Crippen molar-refractivity contribution in [2.24, 2.45) is 0 Å². The highest BCUT2D eigenvalue weighted by molar-refractivity contribution is 5.60. The molecular formula is C14H16N4O. The molecule has 98 valence electrons. The van der Waals surface area contributed by atoms with Gasteiger partial charge in [-0.05, 0) is 30.7 Å². The molecule has 2 aromatic rings. The summed E-state index contributed by atoms with van der Waals surface area (Å²) in [6.45, 7) is 4.81. The first kappa shape index (κ1) is 11.0. The fourth-order valence-electron chi connectivity index (χ4n) is 2.88. The lowest BCUT2D eigenvalue weighted by Gasteiger charge is -2.22. The molecule has 2 aliphatic heterocycles. The van der Waals surface area contributed by atoms with Crippen molar-refractivity contribution in [3.05, 3.63) is 29.6 Å². The number of fused-ring (bicyclic) bond motifs is 2. The second-order valence-corrected chi connectivity index (χ2v) is 5.13. The molecule has 1 aromatic carbocycles. The summed E-state index contributed by atoms with van der Waals surface area (Å²) in [5, 5.41) is 12.1. The molecule has 0 spiro atoms. The van der Waals surface area contributed by atoms with Crippen LogP contribution in [0.15, 0.2) is 18.2 Å². The second kappa shape index (κ2) is 4.06. The van der Waals surface area contributed by atoms with E-state index >= 15 is 0 Å². The Morgan fingerprint density at radius 2 is 2.32 bits per heavy atom. The number of rotatable bonds is 1. The van der Waals surface area contributed by atoms with E-state index in [-0.39, 0.29) is 6.04 Å². The van der Waals surface area contributed by atoms with Crippen molar-refractivity contribution in [2.75, 3.05) is 13.2 Å². The Labute approximate surface area is 111 Å². The Morgan fingerprint density at radius 1 is 1.37 bits per heavy atom. The predicted molar refractivity (Wildman–Crippen MR) is 71.1 cm³/mol. The van der Waals surface area contributed by atoms with Gasteiger partial charge in [-0.3, -0.25) is 0 Å². The van der Waals surface area contributed by atoms with Gasteiger partial charge in [-0.2, -0.15) is 0 Å². The summed E-state index contributed by atoms with van der Waals surface area (Å²) in [4.78, 5) is 0. The van der Waals surface area contributed by atoms with Gasteiger partial charge in [0.15, 0.2) is 5.82 Å². The van der Waals surface area contributed by atoms with Gasteiger partial charge in [0.05, 0.1) is 12.6 Å². The summed E-state index contributed by atoms with van der Waals surface area (Å²) in [6, 6.07) is 6.58. The van der Waals surface area contributed by atoms with E-state index in [1.807, 2.05) is 6.07 Å². The fraction of sp³-hybridized carbons (Fsp3) is 0.429. The van der Waals surface area contributed by atoms with Gasteiger partial charge in [0, 0.05) is 25.1 Å². The van der Waals surface area contributed by atoms with E-state index in [1.165, 1.54) is 5.56 Å². The summed E-state index contributed by atoms with van der Waals surface area (Å²) >= 11 is 0. The lowest BCUT2D eigenvalue weighted by Crippen LogP contribution is -2.32. The molecule has 5 nitrogen and oxygen atoms in total. The molecule has 1 aromatic heterocycles. The normalized spacial score (nSPS) is 20.8. The first-order chi connectivity index (χ1) is 9.33. The highest BCUT2D eigenvalue weighted by Gasteiger charge is 2.23. The van der Waals surface area contributed by atoms with E-state index in [2.05, 4.69) is 39.1 Å². The predicted octanol–water partition coefficient (Wildman–Crippen LogP) is 1.54.